The van der Waals surface area contributed by atoms with Gasteiger partial charge in [0.15, 0.2) is 0 Å². The summed E-state index contributed by atoms with van der Waals surface area (Å²) in [5.41, 5.74) is 4.73. The van der Waals surface area contributed by atoms with Gasteiger partial charge >= 0.3 is 5.97 Å². The Morgan fingerprint density at radius 2 is 1.70 bits per heavy atom. The van der Waals surface area contributed by atoms with Crippen molar-refractivity contribution in [2.45, 2.75) is 79.2 Å². The molecular formula is C33H41N3O4. The fourth-order valence-corrected chi connectivity index (χ4v) is 5.83. The first kappa shape index (κ1) is 29.2. The molecule has 40 heavy (non-hydrogen) atoms. The SMILES string of the molecule is Cc1ccc(=O)n(Cc2ccc(C(C(=O)Nc3cccc(CC(C(=O)O)C(C)(C)C)c3C)C3CCCC3)cc2)n1. The first-order chi connectivity index (χ1) is 18.9. The van der Waals surface area contributed by atoms with Crippen LogP contribution in [0, 0.1) is 31.1 Å². The number of hydrogen-bond donors (Lipinski definition) is 2. The van der Waals surface area contributed by atoms with Crippen LogP contribution in [-0.2, 0) is 22.6 Å². The van der Waals surface area contributed by atoms with Gasteiger partial charge < -0.3 is 10.4 Å². The quantitative estimate of drug-likeness (QED) is 0.339. The lowest BCUT2D eigenvalue weighted by Crippen LogP contribution is -2.30. The van der Waals surface area contributed by atoms with E-state index in [-0.39, 0.29) is 28.7 Å². The molecule has 7 nitrogen and oxygen atoms in total. The van der Waals surface area contributed by atoms with Gasteiger partial charge in [0.1, 0.15) is 0 Å². The lowest BCUT2D eigenvalue weighted by molar-refractivity contribution is -0.145. The Kier molecular flexibility index (Phi) is 8.92. The van der Waals surface area contributed by atoms with Gasteiger partial charge in [-0.3, -0.25) is 14.4 Å². The van der Waals surface area contributed by atoms with Crippen molar-refractivity contribution < 1.29 is 14.7 Å². The Bertz CT molecular complexity index is 1410. The average Bonchev–Trinajstić information content (AvgIpc) is 3.41. The number of hydrogen-bond acceptors (Lipinski definition) is 4. The molecule has 1 aliphatic rings. The molecule has 1 saturated carbocycles. The molecule has 7 heteroatoms. The van der Waals surface area contributed by atoms with Gasteiger partial charge in [-0.25, -0.2) is 4.68 Å². The van der Waals surface area contributed by atoms with Crippen molar-refractivity contribution >= 4 is 17.6 Å². The molecule has 1 amide bonds. The molecule has 0 aliphatic heterocycles. The van der Waals surface area contributed by atoms with E-state index in [1.54, 1.807) is 6.07 Å². The number of carboxylic acids is 1. The fraction of sp³-hybridized carbons (Fsp3) is 0.455. The highest BCUT2D eigenvalue weighted by Crippen LogP contribution is 2.39. The van der Waals surface area contributed by atoms with E-state index in [9.17, 15) is 19.5 Å². The number of aromatic nitrogens is 2. The number of benzene rings is 2. The minimum absolute atomic E-state index is 0.0397. The Morgan fingerprint density at radius 3 is 2.33 bits per heavy atom. The molecule has 3 aromatic rings. The normalized spacial score (nSPS) is 15.5. The zero-order valence-electron chi connectivity index (χ0n) is 24.2. The van der Waals surface area contributed by atoms with Gasteiger partial charge in [-0.05, 0) is 78.8 Å². The summed E-state index contributed by atoms with van der Waals surface area (Å²) in [7, 11) is 0. The number of rotatable bonds is 9. The van der Waals surface area contributed by atoms with Crippen LogP contribution in [0.1, 0.15) is 80.3 Å². The summed E-state index contributed by atoms with van der Waals surface area (Å²) in [4.78, 5) is 38.0. The van der Waals surface area contributed by atoms with E-state index in [0.717, 1.165) is 59.3 Å². The Balaban J connectivity index is 1.56. The zero-order valence-corrected chi connectivity index (χ0v) is 24.2. The maximum atomic E-state index is 13.9. The third kappa shape index (κ3) is 6.87. The topological polar surface area (TPSA) is 101 Å². The minimum Gasteiger partial charge on any atom is -0.481 e. The second-order valence-corrected chi connectivity index (χ2v) is 12.3. The molecule has 0 bridgehead atoms. The fourth-order valence-electron chi connectivity index (χ4n) is 5.83. The van der Waals surface area contributed by atoms with Crippen molar-refractivity contribution in [2.75, 3.05) is 5.32 Å². The predicted molar refractivity (Wildman–Crippen MR) is 158 cm³/mol. The van der Waals surface area contributed by atoms with Crippen molar-refractivity contribution in [1.82, 2.24) is 9.78 Å². The van der Waals surface area contributed by atoms with Gasteiger partial charge in [0, 0.05) is 11.8 Å². The second-order valence-electron chi connectivity index (χ2n) is 12.3. The van der Waals surface area contributed by atoms with E-state index < -0.39 is 11.9 Å². The maximum Gasteiger partial charge on any atom is 0.307 e. The Hall–Kier alpha value is -3.74. The molecule has 0 radical (unpaired) electrons. The van der Waals surface area contributed by atoms with E-state index in [0.29, 0.717) is 13.0 Å². The Morgan fingerprint density at radius 1 is 1.02 bits per heavy atom. The minimum atomic E-state index is -0.811. The molecule has 212 valence electrons. The molecule has 2 aromatic carbocycles. The monoisotopic (exact) mass is 543 g/mol. The van der Waals surface area contributed by atoms with Crippen molar-refractivity contribution in [3.63, 3.8) is 0 Å². The molecule has 2 atom stereocenters. The summed E-state index contributed by atoms with van der Waals surface area (Å²) in [6.45, 7) is 10.0. The smallest absolute Gasteiger partial charge is 0.307 e. The average molecular weight is 544 g/mol. The van der Waals surface area contributed by atoms with E-state index in [1.807, 2.05) is 77.1 Å². The van der Waals surface area contributed by atoms with Crippen LogP contribution in [0.3, 0.4) is 0 Å². The lowest BCUT2D eigenvalue weighted by Gasteiger charge is -2.28. The van der Waals surface area contributed by atoms with Crippen LogP contribution in [-0.4, -0.2) is 26.8 Å². The molecule has 1 aliphatic carbocycles. The first-order valence-corrected chi connectivity index (χ1v) is 14.2. The summed E-state index contributed by atoms with van der Waals surface area (Å²) in [5.74, 6) is -1.42. The van der Waals surface area contributed by atoms with Gasteiger partial charge in [0.25, 0.3) is 5.56 Å². The van der Waals surface area contributed by atoms with Crippen LogP contribution in [0.2, 0.25) is 0 Å². The molecule has 2 N–H and O–H groups in total. The van der Waals surface area contributed by atoms with E-state index in [1.165, 1.54) is 10.7 Å². The maximum absolute atomic E-state index is 13.9. The number of amides is 1. The van der Waals surface area contributed by atoms with Gasteiger partial charge in [-0.1, -0.05) is 70.0 Å². The third-order valence-corrected chi connectivity index (χ3v) is 8.30. The summed E-state index contributed by atoms with van der Waals surface area (Å²) in [5, 5.41) is 17.4. The number of nitrogens with one attached hydrogen (secondary N) is 1. The van der Waals surface area contributed by atoms with E-state index >= 15 is 0 Å². The van der Waals surface area contributed by atoms with Crippen LogP contribution in [0.15, 0.2) is 59.4 Å². The molecule has 0 saturated heterocycles. The number of carbonyl (C=O) groups excluding carboxylic acids is 1. The van der Waals surface area contributed by atoms with E-state index in [4.69, 9.17) is 0 Å². The largest absolute Gasteiger partial charge is 0.481 e. The van der Waals surface area contributed by atoms with Crippen LogP contribution in [0.25, 0.3) is 0 Å². The number of aliphatic carboxylic acids is 1. The first-order valence-electron chi connectivity index (χ1n) is 14.2. The van der Waals surface area contributed by atoms with Gasteiger partial charge in [0.05, 0.1) is 24.1 Å². The van der Waals surface area contributed by atoms with Crippen LogP contribution < -0.4 is 10.9 Å². The van der Waals surface area contributed by atoms with Crippen molar-refractivity contribution in [1.29, 1.82) is 0 Å². The van der Waals surface area contributed by atoms with Gasteiger partial charge in [0.2, 0.25) is 5.91 Å². The van der Waals surface area contributed by atoms with E-state index in [2.05, 4.69) is 10.4 Å². The van der Waals surface area contributed by atoms with Crippen LogP contribution in [0.4, 0.5) is 5.69 Å². The number of aryl methyl sites for hydroxylation is 1. The van der Waals surface area contributed by atoms with Crippen LogP contribution >= 0.6 is 0 Å². The van der Waals surface area contributed by atoms with Crippen molar-refractivity contribution in [2.24, 2.45) is 17.3 Å². The summed E-state index contributed by atoms with van der Waals surface area (Å²) >= 11 is 0. The summed E-state index contributed by atoms with van der Waals surface area (Å²) in [6.07, 6.45) is 4.65. The third-order valence-electron chi connectivity index (χ3n) is 8.30. The highest BCUT2D eigenvalue weighted by Gasteiger charge is 2.34. The number of nitrogens with zero attached hydrogens (tertiary/aromatic N) is 2. The number of carbonyl (C=O) groups is 2. The van der Waals surface area contributed by atoms with Crippen molar-refractivity contribution in [3.8, 4) is 0 Å². The number of anilines is 1. The highest BCUT2D eigenvalue weighted by atomic mass is 16.4. The summed E-state index contributed by atoms with van der Waals surface area (Å²) in [6, 6.07) is 16.9. The van der Waals surface area contributed by atoms with Gasteiger partial charge in [-0.15, -0.1) is 0 Å². The standard InChI is InChI=1S/C33H41N3O4/c1-21-13-18-29(37)36(35-21)20-23-14-16-25(17-15-23)30(24-9-6-7-10-24)31(38)34-28-12-8-11-26(22(28)2)19-27(32(39)40)33(3,4)5/h8,11-18,24,27,30H,6-7,9-10,19-20H2,1-5H3,(H,34,38)(H,39,40). The highest BCUT2D eigenvalue weighted by molar-refractivity contribution is 5.97. The van der Waals surface area contributed by atoms with Gasteiger partial charge in [-0.2, -0.15) is 5.10 Å². The molecule has 1 fully saturated rings. The second kappa shape index (κ2) is 12.2. The Labute approximate surface area is 236 Å². The predicted octanol–water partition coefficient (Wildman–Crippen LogP) is 6.11. The molecule has 2 unspecified atom stereocenters. The molecule has 4 rings (SSSR count). The summed E-state index contributed by atoms with van der Waals surface area (Å²) < 4.78 is 1.45. The number of carboxylic acid groups (broad SMARTS) is 1. The lowest BCUT2D eigenvalue weighted by atomic mass is 9.76. The van der Waals surface area contributed by atoms with Crippen molar-refractivity contribution in [3.05, 3.63) is 92.9 Å². The molecule has 1 heterocycles. The molecule has 1 aromatic heterocycles. The molecule has 0 spiro atoms. The molecular weight excluding hydrogens is 502 g/mol. The van der Waals surface area contributed by atoms with Crippen LogP contribution in [0.5, 0.6) is 0 Å². The zero-order chi connectivity index (χ0) is 29.0.